The molecule has 0 atom stereocenters. The molecule has 42 heavy (non-hydrogen) atoms. The Morgan fingerprint density at radius 1 is 1.12 bits per heavy atom. The Bertz CT molecular complexity index is 1750. The Morgan fingerprint density at radius 3 is 2.50 bits per heavy atom. The molecular weight excluding hydrogens is 562 g/mol. The second kappa shape index (κ2) is 11.1. The lowest BCUT2D eigenvalue weighted by atomic mass is 10.0. The van der Waals surface area contributed by atoms with Gasteiger partial charge in [0, 0.05) is 66.5 Å². The Labute approximate surface area is 243 Å². The fourth-order valence-corrected chi connectivity index (χ4v) is 6.71. The zero-order valence-corrected chi connectivity index (χ0v) is 24.5. The summed E-state index contributed by atoms with van der Waals surface area (Å²) in [6, 6.07) is 8.10. The van der Waals surface area contributed by atoms with Crippen molar-refractivity contribution in [2.24, 2.45) is 0 Å². The number of carbonyl (C=O) groups is 2. The number of anilines is 1. The Hall–Kier alpha value is -4.49. The van der Waals surface area contributed by atoms with Crippen LogP contribution in [0.4, 0.5) is 11.4 Å². The van der Waals surface area contributed by atoms with E-state index in [0.717, 1.165) is 13.1 Å². The Kier molecular flexibility index (Phi) is 7.64. The number of nitrogens with zero attached hydrogens (tertiary/aromatic N) is 3. The number of piperazine rings is 1. The number of H-pyrrole nitrogens is 1. The highest BCUT2D eigenvalue weighted by atomic mass is 32.2. The summed E-state index contributed by atoms with van der Waals surface area (Å²) in [6.45, 7) is 6.48. The molecule has 13 heteroatoms. The Balaban J connectivity index is 1.48. The molecule has 3 heterocycles. The zero-order valence-electron chi connectivity index (χ0n) is 23.7. The highest BCUT2D eigenvalue weighted by Gasteiger charge is 2.30. The number of nitro benzene ring substituents is 1. The standard InChI is InChI=1S/C29H31N5O7S/c1-17-25(30-18(2)27(17)29(36)33-11-9-32(3)10-12-33)15-23-22-14-21(6-7-24(22)31-28(23)35)42(39,40)16-19-13-20(34(37)38)5-8-26(19)41-4/h5-8,13-15,30H,9-12,16H2,1-4H3,(H,31,35). The number of non-ortho nitro benzene ring substituents is 1. The van der Waals surface area contributed by atoms with Crippen molar-refractivity contribution in [3.05, 3.63) is 80.2 Å². The lowest BCUT2D eigenvalue weighted by Crippen LogP contribution is -2.47. The molecular formula is C29H31N5O7S. The number of methoxy groups -OCH3 is 1. The summed E-state index contributed by atoms with van der Waals surface area (Å²) >= 11 is 0. The van der Waals surface area contributed by atoms with Crippen molar-refractivity contribution in [1.29, 1.82) is 0 Å². The molecule has 2 aliphatic rings. The number of rotatable bonds is 7. The fraction of sp³-hybridized carbons (Fsp3) is 0.310. The van der Waals surface area contributed by atoms with Crippen LogP contribution < -0.4 is 10.1 Å². The van der Waals surface area contributed by atoms with Gasteiger partial charge in [-0.05, 0) is 56.8 Å². The third kappa shape index (κ3) is 5.40. The van der Waals surface area contributed by atoms with Gasteiger partial charge in [0.15, 0.2) is 9.84 Å². The van der Waals surface area contributed by atoms with Gasteiger partial charge in [-0.3, -0.25) is 19.7 Å². The quantitative estimate of drug-likeness (QED) is 0.240. The number of amides is 2. The molecule has 1 aromatic heterocycles. The van der Waals surface area contributed by atoms with Crippen LogP contribution in [0.5, 0.6) is 5.75 Å². The van der Waals surface area contributed by atoms with Gasteiger partial charge < -0.3 is 24.8 Å². The van der Waals surface area contributed by atoms with Crippen LogP contribution in [-0.4, -0.2) is 80.3 Å². The van der Waals surface area contributed by atoms with Crippen molar-refractivity contribution >= 4 is 44.7 Å². The summed E-state index contributed by atoms with van der Waals surface area (Å²) in [5.74, 6) is -0.801. The molecule has 1 fully saturated rings. The number of sulfone groups is 1. The summed E-state index contributed by atoms with van der Waals surface area (Å²) in [4.78, 5) is 44.1. The van der Waals surface area contributed by atoms with Crippen LogP contribution in [0.2, 0.25) is 0 Å². The number of hydrogen-bond donors (Lipinski definition) is 2. The lowest BCUT2D eigenvalue weighted by molar-refractivity contribution is -0.384. The number of aryl methyl sites for hydroxylation is 1. The lowest BCUT2D eigenvalue weighted by Gasteiger charge is -2.32. The Morgan fingerprint density at radius 2 is 1.83 bits per heavy atom. The topological polar surface area (TPSA) is 155 Å². The van der Waals surface area contributed by atoms with E-state index in [4.69, 9.17) is 4.74 Å². The molecule has 2 aliphatic heterocycles. The first-order valence-electron chi connectivity index (χ1n) is 13.3. The van der Waals surface area contributed by atoms with Gasteiger partial charge in [0.25, 0.3) is 17.5 Å². The molecule has 0 aliphatic carbocycles. The van der Waals surface area contributed by atoms with Gasteiger partial charge in [-0.2, -0.15) is 0 Å². The minimum Gasteiger partial charge on any atom is -0.496 e. The van der Waals surface area contributed by atoms with E-state index in [-0.39, 0.29) is 33.4 Å². The number of likely N-dealkylation sites (N-methyl/N-ethyl adjacent to an activating group) is 1. The first-order valence-corrected chi connectivity index (χ1v) is 14.9. The molecule has 0 bridgehead atoms. The summed E-state index contributed by atoms with van der Waals surface area (Å²) in [7, 11) is -0.617. The van der Waals surface area contributed by atoms with Crippen LogP contribution in [0, 0.1) is 24.0 Å². The molecule has 0 saturated carbocycles. The second-order valence-electron chi connectivity index (χ2n) is 10.5. The third-order valence-corrected chi connectivity index (χ3v) is 9.39. The predicted molar refractivity (Wildman–Crippen MR) is 157 cm³/mol. The number of benzene rings is 2. The summed E-state index contributed by atoms with van der Waals surface area (Å²) < 4.78 is 32.1. The van der Waals surface area contributed by atoms with Gasteiger partial charge >= 0.3 is 0 Å². The van der Waals surface area contributed by atoms with Gasteiger partial charge in [0.1, 0.15) is 5.75 Å². The molecule has 5 rings (SSSR count). The number of fused-ring (bicyclic) bond motifs is 1. The second-order valence-corrected chi connectivity index (χ2v) is 12.5. The maximum Gasteiger partial charge on any atom is 0.270 e. The molecule has 3 aromatic rings. The van der Waals surface area contributed by atoms with Crippen molar-refractivity contribution in [1.82, 2.24) is 14.8 Å². The van der Waals surface area contributed by atoms with Crippen molar-refractivity contribution in [3.63, 3.8) is 0 Å². The number of nitrogens with one attached hydrogen (secondary N) is 2. The van der Waals surface area contributed by atoms with E-state index in [1.54, 1.807) is 6.08 Å². The average molecular weight is 594 g/mol. The van der Waals surface area contributed by atoms with Crippen molar-refractivity contribution in [2.45, 2.75) is 24.5 Å². The van der Waals surface area contributed by atoms with E-state index in [1.807, 2.05) is 25.8 Å². The number of hydrogen-bond acceptors (Lipinski definition) is 8. The third-order valence-electron chi connectivity index (χ3n) is 7.72. The van der Waals surface area contributed by atoms with Crippen LogP contribution >= 0.6 is 0 Å². The molecule has 0 unspecified atom stereocenters. The minimum absolute atomic E-state index is 0.0532. The molecule has 2 aromatic carbocycles. The zero-order chi connectivity index (χ0) is 30.3. The highest BCUT2D eigenvalue weighted by molar-refractivity contribution is 7.90. The number of ether oxygens (including phenoxy) is 1. The fourth-order valence-electron chi connectivity index (χ4n) is 5.33. The number of aromatic nitrogens is 1. The maximum atomic E-state index is 13.4. The maximum absolute atomic E-state index is 13.4. The molecule has 220 valence electrons. The minimum atomic E-state index is -3.99. The van der Waals surface area contributed by atoms with Crippen LogP contribution in [0.15, 0.2) is 41.3 Å². The summed E-state index contributed by atoms with van der Waals surface area (Å²) in [5, 5.41) is 14.0. The van der Waals surface area contributed by atoms with Gasteiger partial charge in [0.05, 0.1) is 33.8 Å². The SMILES string of the molecule is COc1ccc([N+](=O)[O-])cc1CS(=O)(=O)c1ccc2c(c1)C(=Cc1[nH]c(C)c(C(=O)N3CCN(C)CC3)c1C)C(=O)N2. The number of nitro groups is 1. The van der Waals surface area contributed by atoms with Crippen LogP contribution in [0.1, 0.15) is 38.4 Å². The molecule has 0 spiro atoms. The molecule has 12 nitrogen and oxygen atoms in total. The van der Waals surface area contributed by atoms with E-state index in [2.05, 4.69) is 15.2 Å². The molecule has 0 radical (unpaired) electrons. The first-order chi connectivity index (χ1) is 19.9. The van der Waals surface area contributed by atoms with E-state index in [0.29, 0.717) is 46.9 Å². The van der Waals surface area contributed by atoms with Crippen LogP contribution in [-0.2, 0) is 20.4 Å². The van der Waals surface area contributed by atoms with E-state index >= 15 is 0 Å². The first kappa shape index (κ1) is 29.0. The smallest absolute Gasteiger partial charge is 0.270 e. The number of aromatic amines is 1. The summed E-state index contributed by atoms with van der Waals surface area (Å²) in [6.07, 6.45) is 1.63. The van der Waals surface area contributed by atoms with Gasteiger partial charge in [-0.15, -0.1) is 0 Å². The van der Waals surface area contributed by atoms with Crippen LogP contribution in [0.25, 0.3) is 11.6 Å². The van der Waals surface area contributed by atoms with Gasteiger partial charge in [-0.1, -0.05) is 0 Å². The monoisotopic (exact) mass is 593 g/mol. The van der Waals surface area contributed by atoms with Crippen molar-refractivity contribution in [2.75, 3.05) is 45.7 Å². The van der Waals surface area contributed by atoms with E-state index in [9.17, 15) is 28.1 Å². The van der Waals surface area contributed by atoms with Crippen molar-refractivity contribution in [3.8, 4) is 5.75 Å². The van der Waals surface area contributed by atoms with E-state index < -0.39 is 26.4 Å². The molecule has 2 amide bonds. The van der Waals surface area contributed by atoms with Crippen molar-refractivity contribution < 1.29 is 27.7 Å². The van der Waals surface area contributed by atoms with E-state index in [1.165, 1.54) is 43.5 Å². The molecule has 2 N–H and O–H groups in total. The van der Waals surface area contributed by atoms with Gasteiger partial charge in [-0.25, -0.2) is 8.42 Å². The highest BCUT2D eigenvalue weighted by Crippen LogP contribution is 2.37. The normalized spacial score (nSPS) is 16.4. The average Bonchev–Trinajstić information content (AvgIpc) is 3.41. The summed E-state index contributed by atoms with van der Waals surface area (Å²) in [5.41, 5.74) is 3.52. The van der Waals surface area contributed by atoms with Crippen LogP contribution in [0.3, 0.4) is 0 Å². The number of carbonyl (C=O) groups excluding carboxylic acids is 2. The van der Waals surface area contributed by atoms with Gasteiger partial charge in [0.2, 0.25) is 0 Å². The largest absolute Gasteiger partial charge is 0.496 e. The molecule has 1 saturated heterocycles. The predicted octanol–water partition coefficient (Wildman–Crippen LogP) is 3.40.